The van der Waals surface area contributed by atoms with E-state index in [-0.39, 0.29) is 19.1 Å². The topological polar surface area (TPSA) is 105 Å². The fourth-order valence-electron chi connectivity index (χ4n) is 11.2. The third-order valence-corrected chi connectivity index (χ3v) is 17.8. The van der Waals surface area contributed by atoms with Gasteiger partial charge in [-0.1, -0.05) is 346 Å². The average Bonchev–Trinajstić information content (AvgIpc) is 3.46. The molecule has 0 aromatic heterocycles. The maximum atomic E-state index is 13.0. The number of phosphoric acid groups is 1. The molecule has 3 N–H and O–H groups in total. The number of phosphoric ester groups is 1. The Morgan fingerprint density at radius 2 is 0.671 bits per heavy atom. The molecule has 0 aliphatic heterocycles. The van der Waals surface area contributed by atoms with Gasteiger partial charge in [-0.05, 0) is 57.8 Å². The number of allylic oxidation sites excluding steroid dienone is 5. The number of amides is 1. The van der Waals surface area contributed by atoms with Crippen molar-refractivity contribution >= 4 is 13.7 Å². The maximum Gasteiger partial charge on any atom is 0.472 e. The van der Waals surface area contributed by atoms with Crippen LogP contribution in [0.3, 0.4) is 0 Å². The number of likely N-dealkylation sites (N-methyl/N-ethyl adjacent to an activating group) is 1. The molecular weight excluding hydrogens is 1030 g/mol. The van der Waals surface area contributed by atoms with Gasteiger partial charge < -0.3 is 19.8 Å². The predicted octanol–water partition coefficient (Wildman–Crippen LogP) is 23.2. The molecule has 0 radical (unpaired) electrons. The van der Waals surface area contributed by atoms with E-state index in [9.17, 15) is 19.4 Å². The Morgan fingerprint density at radius 1 is 0.402 bits per heavy atom. The van der Waals surface area contributed by atoms with Gasteiger partial charge in [-0.3, -0.25) is 13.8 Å². The van der Waals surface area contributed by atoms with Gasteiger partial charge >= 0.3 is 7.82 Å². The molecule has 0 saturated carbocycles. The van der Waals surface area contributed by atoms with Gasteiger partial charge in [0.15, 0.2) is 0 Å². The number of aliphatic hydroxyl groups excluding tert-OH is 1. The van der Waals surface area contributed by atoms with Crippen LogP contribution in [-0.2, 0) is 18.4 Å². The third-order valence-electron chi connectivity index (χ3n) is 16.8. The molecule has 3 unspecified atom stereocenters. The van der Waals surface area contributed by atoms with Crippen LogP contribution in [0.25, 0.3) is 0 Å². The molecule has 0 aromatic rings. The zero-order chi connectivity index (χ0) is 59.8. The van der Waals surface area contributed by atoms with Crippen LogP contribution in [0.1, 0.15) is 373 Å². The Bertz CT molecular complexity index is 1430. The van der Waals surface area contributed by atoms with E-state index in [2.05, 4.69) is 43.5 Å². The molecule has 0 saturated heterocycles. The van der Waals surface area contributed by atoms with E-state index in [1.807, 2.05) is 27.2 Å². The SMILES string of the molecule is CCCCCCCCCC/C=C\CCCCCCCCCCCCCCCCCCCCCCCCCCCCCC(=O)NC(COP(=O)(O)OCC[N+](C)(C)C)C(O)/C=C/CC/C=C/CCCCCCCCCCCCCCCCC. The first kappa shape index (κ1) is 80.7. The van der Waals surface area contributed by atoms with Crippen molar-refractivity contribution in [2.75, 3.05) is 40.9 Å². The Hall–Kier alpha value is -1.28. The summed E-state index contributed by atoms with van der Waals surface area (Å²) in [6.07, 6.45) is 86.1. The molecular formula is C73H144N2O6P+. The Labute approximate surface area is 512 Å². The molecule has 486 valence electrons. The summed E-state index contributed by atoms with van der Waals surface area (Å²) in [5.41, 5.74) is 0. The minimum Gasteiger partial charge on any atom is -0.387 e. The van der Waals surface area contributed by atoms with Crippen molar-refractivity contribution in [1.29, 1.82) is 0 Å². The summed E-state index contributed by atoms with van der Waals surface area (Å²) in [4.78, 5) is 23.4. The second kappa shape index (κ2) is 64.2. The number of nitrogens with zero attached hydrogens (tertiary/aromatic N) is 1. The van der Waals surface area contributed by atoms with Crippen molar-refractivity contribution < 1.29 is 32.9 Å². The monoisotopic (exact) mass is 1180 g/mol. The van der Waals surface area contributed by atoms with Gasteiger partial charge in [0, 0.05) is 6.42 Å². The van der Waals surface area contributed by atoms with Crippen LogP contribution in [0.4, 0.5) is 0 Å². The maximum absolute atomic E-state index is 13.0. The van der Waals surface area contributed by atoms with Crippen molar-refractivity contribution in [2.45, 2.75) is 386 Å². The lowest BCUT2D eigenvalue weighted by molar-refractivity contribution is -0.870. The minimum atomic E-state index is -4.36. The lowest BCUT2D eigenvalue weighted by atomic mass is 10.0. The van der Waals surface area contributed by atoms with Crippen molar-refractivity contribution in [3.05, 3.63) is 36.5 Å². The van der Waals surface area contributed by atoms with Crippen LogP contribution >= 0.6 is 7.82 Å². The lowest BCUT2D eigenvalue weighted by Crippen LogP contribution is -2.45. The van der Waals surface area contributed by atoms with E-state index in [0.717, 1.165) is 38.5 Å². The van der Waals surface area contributed by atoms with E-state index in [4.69, 9.17) is 9.05 Å². The molecule has 82 heavy (non-hydrogen) atoms. The summed E-state index contributed by atoms with van der Waals surface area (Å²) < 4.78 is 23.8. The van der Waals surface area contributed by atoms with Crippen molar-refractivity contribution in [3.8, 4) is 0 Å². The number of quaternary nitrogens is 1. The van der Waals surface area contributed by atoms with Gasteiger partial charge in [0.25, 0.3) is 0 Å². The molecule has 0 fully saturated rings. The van der Waals surface area contributed by atoms with Gasteiger partial charge in [0.2, 0.25) is 5.91 Å². The first-order valence-corrected chi connectivity index (χ1v) is 37.9. The van der Waals surface area contributed by atoms with Crippen LogP contribution in [-0.4, -0.2) is 73.4 Å². The van der Waals surface area contributed by atoms with Crippen molar-refractivity contribution in [1.82, 2.24) is 5.32 Å². The van der Waals surface area contributed by atoms with Gasteiger partial charge in [-0.2, -0.15) is 0 Å². The smallest absolute Gasteiger partial charge is 0.387 e. The van der Waals surface area contributed by atoms with E-state index in [1.54, 1.807) is 6.08 Å². The van der Waals surface area contributed by atoms with Crippen LogP contribution in [0, 0.1) is 0 Å². The van der Waals surface area contributed by atoms with Gasteiger partial charge in [-0.15, -0.1) is 0 Å². The molecule has 3 atom stereocenters. The summed E-state index contributed by atoms with van der Waals surface area (Å²) in [5, 5.41) is 14.0. The van der Waals surface area contributed by atoms with Gasteiger partial charge in [-0.25, -0.2) is 4.57 Å². The highest BCUT2D eigenvalue weighted by atomic mass is 31.2. The van der Waals surface area contributed by atoms with Gasteiger partial charge in [0.05, 0.1) is 39.9 Å². The molecule has 0 spiro atoms. The molecule has 0 aliphatic carbocycles. The van der Waals surface area contributed by atoms with Crippen molar-refractivity contribution in [3.63, 3.8) is 0 Å². The predicted molar refractivity (Wildman–Crippen MR) is 360 cm³/mol. The molecule has 8 nitrogen and oxygen atoms in total. The first-order valence-electron chi connectivity index (χ1n) is 36.4. The van der Waals surface area contributed by atoms with E-state index in [1.165, 1.54) is 315 Å². The van der Waals surface area contributed by atoms with Crippen LogP contribution < -0.4 is 5.32 Å². The number of unbranched alkanes of at least 4 members (excludes halogenated alkanes) is 51. The molecule has 0 rings (SSSR count). The molecule has 0 bridgehead atoms. The number of hydrogen-bond acceptors (Lipinski definition) is 5. The molecule has 9 heteroatoms. The van der Waals surface area contributed by atoms with Gasteiger partial charge in [0.1, 0.15) is 13.2 Å². The standard InChI is InChI=1S/C73H143N2O6P/c1-6-8-10-12-14-16-18-20-22-24-26-28-29-30-31-32-33-34-35-36-37-38-39-40-41-42-43-44-45-47-49-51-53-55-57-59-61-63-65-67-73(77)74-71(70-81-82(78,79)80-69-68-75(3,4)5)72(76)66-64-62-60-58-56-54-52-50-48-46-27-25-23-21-19-17-15-13-11-9-7-2/h24,26,56,58,64,66,71-72,76H,6-23,25,27-55,57,59-63,65,67-70H2,1-5H3,(H-,74,77,78,79)/p+1/b26-24-,58-56+,66-64+. The molecule has 1 amide bonds. The number of nitrogens with one attached hydrogen (secondary N) is 1. The Balaban J connectivity index is 3.94. The highest BCUT2D eigenvalue weighted by Gasteiger charge is 2.28. The highest BCUT2D eigenvalue weighted by molar-refractivity contribution is 7.47. The van der Waals surface area contributed by atoms with Crippen LogP contribution in [0.15, 0.2) is 36.5 Å². The molecule has 0 aliphatic rings. The fourth-order valence-corrected chi connectivity index (χ4v) is 11.9. The summed E-state index contributed by atoms with van der Waals surface area (Å²) in [6.45, 7) is 4.85. The first-order chi connectivity index (χ1) is 40.0. The van der Waals surface area contributed by atoms with E-state index < -0.39 is 20.0 Å². The molecule has 0 heterocycles. The summed E-state index contributed by atoms with van der Waals surface area (Å²) in [7, 11) is 1.57. The second-order valence-electron chi connectivity index (χ2n) is 26.3. The average molecular weight is 1180 g/mol. The zero-order valence-corrected chi connectivity index (χ0v) is 56.7. The number of carbonyl (C=O) groups excluding carboxylic acids is 1. The Kier molecular flexibility index (Phi) is 63.2. The fraction of sp³-hybridized carbons (Fsp3) is 0.904. The van der Waals surface area contributed by atoms with Crippen LogP contribution in [0.2, 0.25) is 0 Å². The number of carbonyl (C=O) groups is 1. The number of rotatable bonds is 68. The Morgan fingerprint density at radius 3 is 0.976 bits per heavy atom. The highest BCUT2D eigenvalue weighted by Crippen LogP contribution is 2.43. The van der Waals surface area contributed by atoms with E-state index >= 15 is 0 Å². The zero-order valence-electron chi connectivity index (χ0n) is 55.8. The largest absolute Gasteiger partial charge is 0.472 e. The summed E-state index contributed by atoms with van der Waals surface area (Å²) in [6, 6.07) is -0.862. The van der Waals surface area contributed by atoms with E-state index in [0.29, 0.717) is 17.4 Å². The number of hydrogen-bond donors (Lipinski definition) is 3. The number of aliphatic hydroxyl groups is 1. The summed E-state index contributed by atoms with van der Waals surface area (Å²) in [5.74, 6) is -0.179. The third kappa shape index (κ3) is 66.2. The van der Waals surface area contributed by atoms with Crippen LogP contribution in [0.5, 0.6) is 0 Å². The minimum absolute atomic E-state index is 0.0584. The lowest BCUT2D eigenvalue weighted by Gasteiger charge is -2.25. The summed E-state index contributed by atoms with van der Waals surface area (Å²) >= 11 is 0. The molecule has 0 aromatic carbocycles. The normalized spacial score (nSPS) is 13.8. The quantitative estimate of drug-likeness (QED) is 0.0243. The second-order valence-corrected chi connectivity index (χ2v) is 27.8. The van der Waals surface area contributed by atoms with Crippen molar-refractivity contribution in [2.24, 2.45) is 0 Å².